The highest BCUT2D eigenvalue weighted by Crippen LogP contribution is 2.43. The number of benzene rings is 1. The van der Waals surface area contributed by atoms with Crippen LogP contribution in [0, 0.1) is 0 Å². The van der Waals surface area contributed by atoms with Gasteiger partial charge in [0, 0.05) is 11.6 Å². The van der Waals surface area contributed by atoms with Gasteiger partial charge in [0.2, 0.25) is 0 Å². The first-order valence-corrected chi connectivity index (χ1v) is 8.54. The molecular weight excluding hydrogens is 330 g/mol. The lowest BCUT2D eigenvalue weighted by Gasteiger charge is -2.27. The van der Waals surface area contributed by atoms with Gasteiger partial charge in [0.05, 0.1) is 18.7 Å². The summed E-state index contributed by atoms with van der Waals surface area (Å²) in [6.45, 7) is 5.56. The van der Waals surface area contributed by atoms with Gasteiger partial charge < -0.3 is 14.8 Å². The highest BCUT2D eigenvalue weighted by atomic mass is 79.9. The van der Waals surface area contributed by atoms with E-state index >= 15 is 0 Å². The molecule has 1 atom stereocenters. The van der Waals surface area contributed by atoms with Crippen LogP contribution in [0.5, 0.6) is 11.5 Å². The Morgan fingerprint density at radius 1 is 1.24 bits per heavy atom. The van der Waals surface area contributed by atoms with Crippen LogP contribution >= 0.6 is 15.9 Å². The number of halogens is 1. The Labute approximate surface area is 136 Å². The maximum atomic E-state index is 5.66. The fourth-order valence-corrected chi connectivity index (χ4v) is 3.85. The Morgan fingerprint density at radius 3 is 2.48 bits per heavy atom. The molecule has 0 saturated carbocycles. The van der Waals surface area contributed by atoms with Crippen molar-refractivity contribution in [2.45, 2.75) is 51.5 Å². The highest BCUT2D eigenvalue weighted by molar-refractivity contribution is 9.10. The summed E-state index contributed by atoms with van der Waals surface area (Å²) in [7, 11) is 3.41. The topological polar surface area (TPSA) is 30.5 Å². The minimum absolute atomic E-state index is 0.403. The second-order valence-electron chi connectivity index (χ2n) is 6.00. The van der Waals surface area contributed by atoms with Crippen LogP contribution < -0.4 is 14.8 Å². The minimum atomic E-state index is 0.403. The Hall–Kier alpha value is -0.740. The maximum Gasteiger partial charge on any atom is 0.175 e. The monoisotopic (exact) mass is 355 g/mol. The Bertz CT molecular complexity index is 482. The van der Waals surface area contributed by atoms with Crippen LogP contribution in [0.3, 0.4) is 0 Å². The summed E-state index contributed by atoms with van der Waals surface area (Å²) in [5.41, 5.74) is 2.62. The summed E-state index contributed by atoms with van der Waals surface area (Å²) >= 11 is 3.62. The van der Waals surface area contributed by atoms with Crippen molar-refractivity contribution in [3.8, 4) is 11.5 Å². The van der Waals surface area contributed by atoms with E-state index in [0.29, 0.717) is 12.0 Å². The van der Waals surface area contributed by atoms with Crippen LogP contribution in [0.1, 0.15) is 50.2 Å². The fourth-order valence-electron chi connectivity index (χ4n) is 3.23. The molecule has 0 amide bonds. The summed E-state index contributed by atoms with van der Waals surface area (Å²) in [6.07, 6.45) is 4.92. The summed E-state index contributed by atoms with van der Waals surface area (Å²) in [4.78, 5) is 0. The summed E-state index contributed by atoms with van der Waals surface area (Å²) in [5, 5.41) is 3.63. The van der Waals surface area contributed by atoms with Crippen molar-refractivity contribution in [1.29, 1.82) is 0 Å². The van der Waals surface area contributed by atoms with Gasteiger partial charge in [0.25, 0.3) is 0 Å². The van der Waals surface area contributed by atoms with Crippen molar-refractivity contribution in [2.75, 3.05) is 20.8 Å². The molecule has 1 aromatic rings. The van der Waals surface area contributed by atoms with Gasteiger partial charge in [-0.2, -0.15) is 0 Å². The third kappa shape index (κ3) is 3.72. The van der Waals surface area contributed by atoms with E-state index < -0.39 is 0 Å². The zero-order valence-corrected chi connectivity index (χ0v) is 15.0. The van der Waals surface area contributed by atoms with Gasteiger partial charge in [-0.1, -0.05) is 20.3 Å². The molecule has 118 valence electrons. The van der Waals surface area contributed by atoms with Gasteiger partial charge in [0.1, 0.15) is 0 Å². The summed E-state index contributed by atoms with van der Waals surface area (Å²) < 4.78 is 12.1. The molecule has 0 bridgehead atoms. The largest absolute Gasteiger partial charge is 0.493 e. The van der Waals surface area contributed by atoms with E-state index in [0.717, 1.165) is 28.9 Å². The smallest absolute Gasteiger partial charge is 0.175 e. The van der Waals surface area contributed by atoms with Crippen molar-refractivity contribution in [3.05, 3.63) is 21.7 Å². The van der Waals surface area contributed by atoms with E-state index in [1.165, 1.54) is 30.4 Å². The van der Waals surface area contributed by atoms with Crippen molar-refractivity contribution < 1.29 is 9.47 Å². The Kier molecular flexibility index (Phi) is 5.94. The molecule has 1 aliphatic rings. The normalized spacial score (nSPS) is 18.9. The van der Waals surface area contributed by atoms with Gasteiger partial charge in [-0.3, -0.25) is 0 Å². The highest BCUT2D eigenvalue weighted by Gasteiger charge is 2.23. The van der Waals surface area contributed by atoms with E-state index in [2.05, 4.69) is 41.2 Å². The first-order valence-electron chi connectivity index (χ1n) is 7.75. The van der Waals surface area contributed by atoms with Crippen molar-refractivity contribution in [1.82, 2.24) is 5.32 Å². The molecule has 1 saturated heterocycles. The van der Waals surface area contributed by atoms with Crippen molar-refractivity contribution in [3.63, 3.8) is 0 Å². The third-order valence-corrected chi connectivity index (χ3v) is 4.77. The number of hydrogen-bond donors (Lipinski definition) is 1. The SMILES string of the molecule is COc1c(Br)cc(CC2CCCCN2)c(C(C)C)c1OC. The van der Waals surface area contributed by atoms with Gasteiger partial charge in [-0.25, -0.2) is 0 Å². The zero-order valence-electron chi connectivity index (χ0n) is 13.5. The number of ether oxygens (including phenoxy) is 2. The van der Waals surface area contributed by atoms with Crippen LogP contribution in [0.4, 0.5) is 0 Å². The number of methoxy groups -OCH3 is 2. The molecule has 1 aromatic carbocycles. The van der Waals surface area contributed by atoms with Crippen molar-refractivity contribution in [2.24, 2.45) is 0 Å². The molecule has 0 radical (unpaired) electrons. The van der Waals surface area contributed by atoms with Crippen molar-refractivity contribution >= 4 is 15.9 Å². The molecule has 21 heavy (non-hydrogen) atoms. The molecule has 0 aliphatic carbocycles. The van der Waals surface area contributed by atoms with E-state index in [9.17, 15) is 0 Å². The summed E-state index contributed by atoms with van der Waals surface area (Å²) in [6, 6.07) is 2.77. The predicted molar refractivity (Wildman–Crippen MR) is 90.7 cm³/mol. The third-order valence-electron chi connectivity index (χ3n) is 4.18. The number of piperidine rings is 1. The Morgan fingerprint density at radius 2 is 1.95 bits per heavy atom. The molecule has 0 aromatic heterocycles. The van der Waals surface area contributed by atoms with E-state index in [-0.39, 0.29) is 0 Å². The molecule has 2 rings (SSSR count). The Balaban J connectivity index is 2.40. The molecule has 4 heteroatoms. The van der Waals surface area contributed by atoms with Crippen LogP contribution in [0.2, 0.25) is 0 Å². The van der Waals surface area contributed by atoms with Gasteiger partial charge in [0.15, 0.2) is 11.5 Å². The molecule has 1 unspecified atom stereocenters. The minimum Gasteiger partial charge on any atom is -0.493 e. The molecule has 1 fully saturated rings. The first-order chi connectivity index (χ1) is 10.1. The average molecular weight is 356 g/mol. The van der Waals surface area contributed by atoms with Gasteiger partial charge in [-0.15, -0.1) is 0 Å². The average Bonchev–Trinajstić information content (AvgIpc) is 2.47. The number of rotatable bonds is 5. The second-order valence-corrected chi connectivity index (χ2v) is 6.86. The molecule has 1 N–H and O–H groups in total. The molecule has 3 nitrogen and oxygen atoms in total. The fraction of sp³-hybridized carbons (Fsp3) is 0.647. The lowest BCUT2D eigenvalue weighted by molar-refractivity contribution is 0.346. The van der Waals surface area contributed by atoms with Gasteiger partial charge >= 0.3 is 0 Å². The van der Waals surface area contributed by atoms with Crippen LogP contribution in [-0.4, -0.2) is 26.8 Å². The molecule has 1 aliphatic heterocycles. The van der Waals surface area contributed by atoms with E-state index in [1.54, 1.807) is 14.2 Å². The quantitative estimate of drug-likeness (QED) is 0.855. The van der Waals surface area contributed by atoms with E-state index in [1.807, 2.05) is 0 Å². The number of nitrogens with one attached hydrogen (secondary N) is 1. The zero-order chi connectivity index (χ0) is 15.4. The van der Waals surface area contributed by atoms with Gasteiger partial charge in [-0.05, 0) is 59.3 Å². The molecular formula is C17H26BrNO2. The maximum absolute atomic E-state index is 5.66. The second kappa shape index (κ2) is 7.50. The van der Waals surface area contributed by atoms with Crippen LogP contribution in [0.25, 0.3) is 0 Å². The predicted octanol–water partition coefficient (Wildman–Crippen LogP) is 4.27. The number of hydrogen-bond acceptors (Lipinski definition) is 3. The lowest BCUT2D eigenvalue weighted by atomic mass is 9.89. The lowest BCUT2D eigenvalue weighted by Crippen LogP contribution is -2.35. The molecule has 1 heterocycles. The van der Waals surface area contributed by atoms with Crippen LogP contribution in [-0.2, 0) is 6.42 Å². The standard InChI is InChI=1S/C17H26BrNO2/c1-11(2)15-12(9-13-7-5-6-8-19-13)10-14(18)16(20-3)17(15)21-4/h10-11,13,19H,5-9H2,1-4H3. The van der Waals surface area contributed by atoms with Crippen LogP contribution in [0.15, 0.2) is 10.5 Å². The first kappa shape index (κ1) is 16.6. The summed E-state index contributed by atoms with van der Waals surface area (Å²) in [5.74, 6) is 2.06. The molecule has 0 spiro atoms. The van der Waals surface area contributed by atoms with E-state index in [4.69, 9.17) is 9.47 Å².